The summed E-state index contributed by atoms with van der Waals surface area (Å²) in [6, 6.07) is 25.0. The van der Waals surface area contributed by atoms with Crippen molar-refractivity contribution in [3.05, 3.63) is 102 Å². The molecule has 0 aliphatic heterocycles. The van der Waals surface area contributed by atoms with Crippen LogP contribution in [0.3, 0.4) is 0 Å². The quantitative estimate of drug-likeness (QED) is 0.140. The predicted molar refractivity (Wildman–Crippen MR) is 171 cm³/mol. The van der Waals surface area contributed by atoms with Crippen molar-refractivity contribution >= 4 is 46.0 Å². The zero-order valence-corrected chi connectivity index (χ0v) is 25.7. The van der Waals surface area contributed by atoms with Crippen molar-refractivity contribution in [1.82, 2.24) is 20.1 Å². The maximum Gasteiger partial charge on any atom is 0.338 e. The highest BCUT2D eigenvalue weighted by atomic mass is 32.2. The van der Waals surface area contributed by atoms with E-state index < -0.39 is 5.97 Å². The van der Waals surface area contributed by atoms with Crippen LogP contribution in [0.5, 0.6) is 11.5 Å². The number of carbonyl (C=O) groups is 3. The third-order valence-corrected chi connectivity index (χ3v) is 7.71. The zero-order chi connectivity index (χ0) is 31.8. The van der Waals surface area contributed by atoms with Gasteiger partial charge < -0.3 is 24.8 Å². The Hall–Kier alpha value is -5.36. The molecule has 5 aromatic rings. The first kappa shape index (κ1) is 31.1. The molecule has 1 aromatic heterocycles. The van der Waals surface area contributed by atoms with E-state index in [9.17, 15) is 14.4 Å². The lowest BCUT2D eigenvalue weighted by Crippen LogP contribution is -2.25. The van der Waals surface area contributed by atoms with Gasteiger partial charge in [-0.25, -0.2) is 4.79 Å². The molecule has 0 saturated heterocycles. The minimum atomic E-state index is -0.428. The number of esters is 1. The molecule has 0 spiro atoms. The summed E-state index contributed by atoms with van der Waals surface area (Å²) in [6.07, 6.45) is 0. The topological polar surface area (TPSA) is 134 Å². The molecule has 12 heteroatoms. The van der Waals surface area contributed by atoms with Crippen molar-refractivity contribution in [1.29, 1.82) is 0 Å². The Kier molecular flexibility index (Phi) is 9.95. The molecular weight excluding hydrogens is 594 g/mol. The van der Waals surface area contributed by atoms with Gasteiger partial charge in [0.15, 0.2) is 11.0 Å². The number of rotatable bonds is 12. The average molecular weight is 626 g/mol. The van der Waals surface area contributed by atoms with Gasteiger partial charge in [0.05, 0.1) is 44.4 Å². The Morgan fingerprint density at radius 3 is 2.42 bits per heavy atom. The number of methoxy groups -OCH3 is 2. The molecule has 0 atom stereocenters. The maximum atomic E-state index is 13.3. The summed E-state index contributed by atoms with van der Waals surface area (Å²) in [6.45, 7) is 2.06. The Labute approximate surface area is 263 Å². The number of nitrogens with zero attached hydrogens (tertiary/aromatic N) is 3. The second-order valence-corrected chi connectivity index (χ2v) is 10.6. The van der Waals surface area contributed by atoms with Crippen LogP contribution in [0.1, 0.15) is 33.5 Å². The van der Waals surface area contributed by atoms with Gasteiger partial charge in [0, 0.05) is 17.3 Å². The van der Waals surface area contributed by atoms with Crippen molar-refractivity contribution in [2.24, 2.45) is 0 Å². The third-order valence-electron chi connectivity index (χ3n) is 6.78. The first-order chi connectivity index (χ1) is 21.9. The number of anilines is 1. The fourth-order valence-electron chi connectivity index (χ4n) is 4.63. The molecular formula is C33H31N5O6S. The SMILES string of the molecule is CCOC(=O)c1ccc(NC(=O)CSc2nnc(CNC(=O)c3cccc4ccccc34)n2-c2cc(OC)ccc2OC)cc1. The molecule has 0 aliphatic rings. The Morgan fingerprint density at radius 2 is 1.67 bits per heavy atom. The molecule has 0 radical (unpaired) electrons. The lowest BCUT2D eigenvalue weighted by molar-refractivity contribution is -0.113. The van der Waals surface area contributed by atoms with Gasteiger partial charge in [0.1, 0.15) is 11.5 Å². The monoisotopic (exact) mass is 625 g/mol. The van der Waals surface area contributed by atoms with Gasteiger partial charge in [0.2, 0.25) is 5.91 Å². The van der Waals surface area contributed by atoms with Crippen molar-refractivity contribution in [2.75, 3.05) is 31.9 Å². The highest BCUT2D eigenvalue weighted by Gasteiger charge is 2.21. The summed E-state index contributed by atoms with van der Waals surface area (Å²) < 4.78 is 17.8. The number of aromatic nitrogens is 3. The summed E-state index contributed by atoms with van der Waals surface area (Å²) >= 11 is 1.16. The molecule has 1 heterocycles. The van der Waals surface area contributed by atoms with Gasteiger partial charge in [0.25, 0.3) is 5.91 Å². The van der Waals surface area contributed by atoms with E-state index in [1.165, 1.54) is 0 Å². The number of carbonyl (C=O) groups excluding carboxylic acids is 3. The molecule has 45 heavy (non-hydrogen) atoms. The molecule has 230 valence electrons. The molecule has 2 amide bonds. The van der Waals surface area contributed by atoms with Crippen LogP contribution >= 0.6 is 11.8 Å². The van der Waals surface area contributed by atoms with E-state index in [0.717, 1.165) is 22.5 Å². The second-order valence-electron chi connectivity index (χ2n) is 9.62. The van der Waals surface area contributed by atoms with Crippen molar-refractivity contribution in [2.45, 2.75) is 18.6 Å². The van der Waals surface area contributed by atoms with E-state index in [2.05, 4.69) is 20.8 Å². The minimum Gasteiger partial charge on any atom is -0.497 e. The van der Waals surface area contributed by atoms with Gasteiger partial charge >= 0.3 is 5.97 Å². The molecule has 0 bridgehead atoms. The molecule has 0 saturated carbocycles. The lowest BCUT2D eigenvalue weighted by Gasteiger charge is -2.15. The Bertz CT molecular complexity index is 1830. The van der Waals surface area contributed by atoms with Crippen LogP contribution in [0.4, 0.5) is 5.69 Å². The van der Waals surface area contributed by atoms with Crippen LogP contribution in [0.2, 0.25) is 0 Å². The number of benzene rings is 4. The van der Waals surface area contributed by atoms with Crippen molar-refractivity contribution in [3.63, 3.8) is 0 Å². The van der Waals surface area contributed by atoms with Gasteiger partial charge in [-0.3, -0.25) is 14.2 Å². The second kappa shape index (κ2) is 14.4. The number of hydrogen-bond donors (Lipinski definition) is 2. The maximum absolute atomic E-state index is 13.3. The Morgan fingerprint density at radius 1 is 0.889 bits per heavy atom. The highest BCUT2D eigenvalue weighted by Crippen LogP contribution is 2.32. The highest BCUT2D eigenvalue weighted by molar-refractivity contribution is 7.99. The minimum absolute atomic E-state index is 0.00636. The number of thioether (sulfide) groups is 1. The standard InChI is InChI=1S/C33H31N5O6S/c1-4-44-32(41)22-12-14-23(15-13-22)35-30(39)20-45-33-37-36-29(38(33)27-18-24(42-2)16-17-28(27)43-3)19-34-31(40)26-11-7-9-21-8-5-6-10-25(21)26/h5-18H,4,19-20H2,1-3H3,(H,34,40)(H,35,39). The first-order valence-corrected chi connectivity index (χ1v) is 15.0. The fourth-order valence-corrected chi connectivity index (χ4v) is 5.39. The van der Waals surface area contributed by atoms with Gasteiger partial charge in [-0.05, 0) is 60.2 Å². The van der Waals surface area contributed by atoms with Crippen molar-refractivity contribution in [3.8, 4) is 17.2 Å². The van der Waals surface area contributed by atoms with Crippen LogP contribution in [-0.2, 0) is 16.1 Å². The molecule has 0 fully saturated rings. The summed E-state index contributed by atoms with van der Waals surface area (Å²) in [5, 5.41) is 16.7. The number of hydrogen-bond acceptors (Lipinski definition) is 9. The normalized spacial score (nSPS) is 10.7. The number of fused-ring (bicyclic) bond motifs is 1. The molecule has 0 aliphatic carbocycles. The van der Waals surface area contributed by atoms with Crippen LogP contribution in [0.25, 0.3) is 16.5 Å². The molecule has 5 rings (SSSR count). The largest absolute Gasteiger partial charge is 0.497 e. The van der Waals surface area contributed by atoms with Crippen LogP contribution < -0.4 is 20.1 Å². The lowest BCUT2D eigenvalue weighted by atomic mass is 10.0. The van der Waals surface area contributed by atoms with E-state index in [4.69, 9.17) is 14.2 Å². The van der Waals surface area contributed by atoms with Gasteiger partial charge in [-0.15, -0.1) is 10.2 Å². The summed E-state index contributed by atoms with van der Waals surface area (Å²) in [5.74, 6) is 0.542. The van der Waals surface area contributed by atoms with E-state index in [1.54, 1.807) is 74.2 Å². The molecule has 11 nitrogen and oxygen atoms in total. The summed E-state index contributed by atoms with van der Waals surface area (Å²) in [5.41, 5.74) is 2.04. The third kappa shape index (κ3) is 7.24. The molecule has 2 N–H and O–H groups in total. The number of amides is 2. The van der Waals surface area contributed by atoms with Gasteiger partial charge in [-0.2, -0.15) is 0 Å². The summed E-state index contributed by atoms with van der Waals surface area (Å²) in [7, 11) is 3.10. The van der Waals surface area contributed by atoms with Crippen LogP contribution in [0, 0.1) is 0 Å². The van der Waals surface area contributed by atoms with Crippen LogP contribution in [0.15, 0.2) is 90.1 Å². The number of ether oxygens (including phenoxy) is 3. The number of nitrogens with one attached hydrogen (secondary N) is 2. The predicted octanol–water partition coefficient (Wildman–Crippen LogP) is 5.28. The smallest absolute Gasteiger partial charge is 0.338 e. The van der Waals surface area contributed by atoms with E-state index in [0.29, 0.717) is 45.0 Å². The zero-order valence-electron chi connectivity index (χ0n) is 24.9. The van der Waals surface area contributed by atoms with Crippen molar-refractivity contribution < 1.29 is 28.6 Å². The van der Waals surface area contributed by atoms with E-state index >= 15 is 0 Å². The summed E-state index contributed by atoms with van der Waals surface area (Å²) in [4.78, 5) is 38.1. The van der Waals surface area contributed by atoms with E-state index in [1.807, 2.05) is 36.4 Å². The molecule has 0 unspecified atom stereocenters. The molecule has 4 aromatic carbocycles. The van der Waals surface area contributed by atoms with Gasteiger partial charge in [-0.1, -0.05) is 48.2 Å². The van der Waals surface area contributed by atoms with Crippen LogP contribution in [-0.4, -0.2) is 59.1 Å². The van der Waals surface area contributed by atoms with E-state index in [-0.39, 0.29) is 30.7 Å². The Balaban J connectivity index is 1.36. The fraction of sp³-hybridized carbons (Fsp3) is 0.182. The average Bonchev–Trinajstić information content (AvgIpc) is 3.48. The first-order valence-electron chi connectivity index (χ1n) is 14.0.